The van der Waals surface area contributed by atoms with E-state index in [9.17, 15) is 18.0 Å². The van der Waals surface area contributed by atoms with Crippen LogP contribution in [0.4, 0.5) is 5.00 Å². The molecule has 0 saturated carbocycles. The monoisotopic (exact) mass is 449 g/mol. The van der Waals surface area contributed by atoms with Crippen molar-refractivity contribution in [2.45, 2.75) is 38.5 Å². The van der Waals surface area contributed by atoms with Crippen LogP contribution in [-0.4, -0.2) is 33.4 Å². The Kier molecular flexibility index (Phi) is 8.11. The molecule has 10 heteroatoms. The third-order valence-electron chi connectivity index (χ3n) is 4.22. The van der Waals surface area contributed by atoms with Crippen molar-refractivity contribution >= 4 is 38.2 Å². The van der Waals surface area contributed by atoms with Crippen molar-refractivity contribution in [1.29, 1.82) is 5.26 Å². The third kappa shape index (κ3) is 5.44. The number of nitriles is 1. The molecule has 30 heavy (non-hydrogen) atoms. The molecule has 8 nitrogen and oxygen atoms in total. The van der Waals surface area contributed by atoms with Gasteiger partial charge in [-0.15, -0.1) is 11.3 Å². The normalized spacial score (nSPS) is 11.0. The first-order valence-corrected chi connectivity index (χ1v) is 11.6. The second kappa shape index (κ2) is 10.3. The number of amides is 1. The summed E-state index contributed by atoms with van der Waals surface area (Å²) in [5, 5.41) is 11.7. The number of carbonyl (C=O) groups excluding carboxylic acids is 2. The van der Waals surface area contributed by atoms with Gasteiger partial charge in [0, 0.05) is 23.4 Å². The molecule has 0 atom stereocenters. The highest BCUT2D eigenvalue weighted by atomic mass is 32.2. The summed E-state index contributed by atoms with van der Waals surface area (Å²) in [4.78, 5) is 26.0. The minimum atomic E-state index is -3.76. The number of esters is 1. The fourth-order valence-corrected chi connectivity index (χ4v) is 4.96. The molecule has 1 aromatic heterocycles. The topological polar surface area (TPSA) is 125 Å². The summed E-state index contributed by atoms with van der Waals surface area (Å²) in [5.41, 5.74) is 1.43. The van der Waals surface area contributed by atoms with Gasteiger partial charge in [-0.25, -0.2) is 17.9 Å². The summed E-state index contributed by atoms with van der Waals surface area (Å²) in [6, 6.07) is 7.26. The molecule has 0 aliphatic carbocycles. The Labute approximate surface area is 179 Å². The van der Waals surface area contributed by atoms with Gasteiger partial charge in [0.25, 0.3) is 5.91 Å². The lowest BCUT2D eigenvalue weighted by molar-refractivity contribution is 0.0527. The van der Waals surface area contributed by atoms with E-state index in [0.717, 1.165) is 10.4 Å². The molecular weight excluding hydrogens is 426 g/mol. The summed E-state index contributed by atoms with van der Waals surface area (Å²) in [5.74, 6) is -0.954. The number of anilines is 1. The first-order valence-electron chi connectivity index (χ1n) is 9.32. The maximum absolute atomic E-state index is 12.7. The van der Waals surface area contributed by atoms with Gasteiger partial charge < -0.3 is 10.1 Å². The Morgan fingerprint density at radius 1 is 1.20 bits per heavy atom. The SMILES string of the molecule is CCOC(=O)c1c(NC(=O)c2ccc(S(=O)(=O)NCCC#N)cc2)sc(C)c1CC. The number of sulfonamides is 1. The van der Waals surface area contributed by atoms with E-state index >= 15 is 0 Å². The Hall–Kier alpha value is -2.74. The number of nitrogens with zero attached hydrogens (tertiary/aromatic N) is 1. The molecule has 0 radical (unpaired) electrons. The minimum absolute atomic E-state index is 0.00913. The minimum Gasteiger partial charge on any atom is -0.462 e. The van der Waals surface area contributed by atoms with Gasteiger partial charge >= 0.3 is 5.97 Å². The molecule has 0 fully saturated rings. The zero-order valence-corrected chi connectivity index (χ0v) is 18.6. The van der Waals surface area contributed by atoms with Gasteiger partial charge in [-0.2, -0.15) is 5.26 Å². The maximum atomic E-state index is 12.7. The molecule has 1 aromatic carbocycles. The zero-order valence-electron chi connectivity index (χ0n) is 16.9. The van der Waals surface area contributed by atoms with E-state index in [1.165, 1.54) is 35.6 Å². The van der Waals surface area contributed by atoms with Gasteiger partial charge in [0.05, 0.1) is 23.1 Å². The Morgan fingerprint density at radius 3 is 2.43 bits per heavy atom. The van der Waals surface area contributed by atoms with Crippen molar-refractivity contribution in [3.63, 3.8) is 0 Å². The van der Waals surface area contributed by atoms with Gasteiger partial charge in [-0.1, -0.05) is 6.92 Å². The van der Waals surface area contributed by atoms with E-state index in [1.807, 2.05) is 19.9 Å². The summed E-state index contributed by atoms with van der Waals surface area (Å²) in [6.45, 7) is 5.75. The molecule has 0 spiro atoms. The molecule has 0 unspecified atom stereocenters. The van der Waals surface area contributed by atoms with Crippen molar-refractivity contribution in [1.82, 2.24) is 4.72 Å². The predicted molar refractivity (Wildman–Crippen MR) is 114 cm³/mol. The number of hydrogen-bond donors (Lipinski definition) is 2. The highest BCUT2D eigenvalue weighted by molar-refractivity contribution is 7.89. The lowest BCUT2D eigenvalue weighted by Crippen LogP contribution is -2.24. The van der Waals surface area contributed by atoms with Crippen LogP contribution in [0.25, 0.3) is 0 Å². The van der Waals surface area contributed by atoms with Crippen molar-refractivity contribution < 1.29 is 22.7 Å². The quantitative estimate of drug-likeness (QED) is 0.447. The van der Waals surface area contributed by atoms with E-state index in [1.54, 1.807) is 6.92 Å². The number of aryl methyl sites for hydroxylation is 1. The highest BCUT2D eigenvalue weighted by Gasteiger charge is 2.24. The number of rotatable bonds is 9. The standard InChI is InChI=1S/C20H23N3O5S2/c1-4-16-13(3)29-19(17(16)20(25)28-5-2)23-18(24)14-7-9-15(10-8-14)30(26,27)22-12-6-11-21/h7-10,22H,4-6,12H2,1-3H3,(H,23,24). The molecule has 2 aromatic rings. The van der Waals surface area contributed by atoms with Gasteiger partial charge in [-0.05, 0) is 50.1 Å². The van der Waals surface area contributed by atoms with Crippen molar-refractivity contribution in [3.05, 3.63) is 45.8 Å². The predicted octanol–water partition coefficient (Wildman–Crippen LogP) is 3.24. The molecule has 1 heterocycles. The second-order valence-corrected chi connectivity index (χ2v) is 9.19. The molecule has 2 N–H and O–H groups in total. The molecular formula is C20H23N3O5S2. The van der Waals surface area contributed by atoms with Crippen LogP contribution < -0.4 is 10.0 Å². The van der Waals surface area contributed by atoms with Gasteiger partial charge in [0.2, 0.25) is 10.0 Å². The lowest BCUT2D eigenvalue weighted by atomic mass is 10.1. The number of carbonyl (C=O) groups is 2. The van der Waals surface area contributed by atoms with Crippen LogP contribution in [-0.2, 0) is 21.2 Å². The first kappa shape index (κ1) is 23.5. The number of nitrogens with one attached hydrogen (secondary N) is 2. The largest absolute Gasteiger partial charge is 0.462 e. The Morgan fingerprint density at radius 2 is 1.87 bits per heavy atom. The van der Waals surface area contributed by atoms with Gasteiger partial charge in [0.15, 0.2) is 0 Å². The molecule has 0 bridgehead atoms. The number of benzene rings is 1. The number of hydrogen-bond acceptors (Lipinski definition) is 7. The van der Waals surface area contributed by atoms with Gasteiger partial charge in [0.1, 0.15) is 5.00 Å². The van der Waals surface area contributed by atoms with E-state index in [4.69, 9.17) is 10.00 Å². The van der Waals surface area contributed by atoms with Crippen LogP contribution in [0, 0.1) is 18.3 Å². The fourth-order valence-electron chi connectivity index (χ4n) is 2.80. The van der Waals surface area contributed by atoms with Crippen LogP contribution in [0.5, 0.6) is 0 Å². The summed E-state index contributed by atoms with van der Waals surface area (Å²) in [7, 11) is -3.76. The van der Waals surface area contributed by atoms with Crippen molar-refractivity contribution in [2.24, 2.45) is 0 Å². The van der Waals surface area contributed by atoms with Crippen LogP contribution in [0.3, 0.4) is 0 Å². The summed E-state index contributed by atoms with van der Waals surface area (Å²) < 4.78 is 31.8. The van der Waals surface area contributed by atoms with Crippen LogP contribution >= 0.6 is 11.3 Å². The average Bonchev–Trinajstić information content (AvgIpc) is 3.03. The molecule has 0 aliphatic rings. The Balaban J connectivity index is 2.23. The summed E-state index contributed by atoms with van der Waals surface area (Å²) in [6.07, 6.45) is 0.681. The van der Waals surface area contributed by atoms with E-state index in [0.29, 0.717) is 17.0 Å². The molecule has 160 valence electrons. The summed E-state index contributed by atoms with van der Waals surface area (Å²) >= 11 is 1.30. The van der Waals surface area contributed by atoms with Gasteiger partial charge in [-0.3, -0.25) is 4.79 Å². The van der Waals surface area contributed by atoms with E-state index in [-0.39, 0.29) is 30.0 Å². The number of thiophene rings is 1. The van der Waals surface area contributed by atoms with Crippen molar-refractivity contribution in [3.8, 4) is 6.07 Å². The smallest absolute Gasteiger partial charge is 0.341 e. The molecule has 0 aliphatic heterocycles. The Bertz CT molecular complexity index is 1070. The first-order chi connectivity index (χ1) is 14.2. The van der Waals surface area contributed by atoms with Crippen molar-refractivity contribution in [2.75, 3.05) is 18.5 Å². The molecule has 1 amide bonds. The molecule has 2 rings (SSSR count). The second-order valence-electron chi connectivity index (χ2n) is 6.20. The number of ether oxygens (including phenoxy) is 1. The fraction of sp³-hybridized carbons (Fsp3) is 0.350. The van der Waals surface area contributed by atoms with Crippen LogP contribution in [0.1, 0.15) is 51.4 Å². The lowest BCUT2D eigenvalue weighted by Gasteiger charge is -2.09. The molecule has 0 saturated heterocycles. The van der Waals surface area contributed by atoms with E-state index in [2.05, 4.69) is 10.0 Å². The van der Waals surface area contributed by atoms with Crippen LogP contribution in [0.15, 0.2) is 29.2 Å². The average molecular weight is 450 g/mol. The van der Waals surface area contributed by atoms with E-state index < -0.39 is 21.9 Å². The van der Waals surface area contributed by atoms with Crippen LogP contribution in [0.2, 0.25) is 0 Å². The zero-order chi connectivity index (χ0) is 22.3. The maximum Gasteiger partial charge on any atom is 0.341 e. The third-order valence-corrected chi connectivity index (χ3v) is 6.76. The highest BCUT2D eigenvalue weighted by Crippen LogP contribution is 2.34.